The maximum absolute atomic E-state index is 12.4. The van der Waals surface area contributed by atoms with Gasteiger partial charge >= 0.3 is 0 Å². The topological polar surface area (TPSA) is 104 Å². The summed E-state index contributed by atoms with van der Waals surface area (Å²) < 4.78 is 26.4. The molecule has 0 saturated carbocycles. The van der Waals surface area contributed by atoms with Crippen LogP contribution in [-0.4, -0.2) is 27.6 Å². The number of anilines is 2. The number of fused-ring (bicyclic) bond motifs is 1. The fourth-order valence-corrected chi connectivity index (χ4v) is 2.29. The van der Waals surface area contributed by atoms with Gasteiger partial charge in [0.2, 0.25) is 5.95 Å². The highest BCUT2D eigenvalue weighted by Crippen LogP contribution is 2.33. The average Bonchev–Trinajstić information content (AvgIpc) is 2.95. The summed E-state index contributed by atoms with van der Waals surface area (Å²) in [5, 5.41) is 10.00. The smallest absolute Gasteiger partial charge is 0.255 e. The van der Waals surface area contributed by atoms with E-state index < -0.39 is 13.0 Å². The summed E-state index contributed by atoms with van der Waals surface area (Å²) in [4.78, 5) is 3.96. The lowest BCUT2D eigenvalue weighted by Gasteiger charge is -2.10. The van der Waals surface area contributed by atoms with Gasteiger partial charge in [-0.25, -0.2) is 23.8 Å². The van der Waals surface area contributed by atoms with Gasteiger partial charge < -0.3 is 11.1 Å². The Morgan fingerprint density at radius 1 is 1.35 bits per heavy atom. The van der Waals surface area contributed by atoms with Crippen molar-refractivity contribution in [2.75, 3.05) is 17.6 Å². The van der Waals surface area contributed by atoms with Gasteiger partial charge in [0.1, 0.15) is 5.69 Å². The first-order valence-corrected chi connectivity index (χ1v) is 6.72. The summed E-state index contributed by atoms with van der Waals surface area (Å²) in [6.07, 6.45) is 0.827. The van der Waals surface area contributed by atoms with E-state index in [0.29, 0.717) is 11.4 Å². The summed E-state index contributed by atoms with van der Waals surface area (Å²) >= 11 is 0. The maximum atomic E-state index is 12.4. The van der Waals surface area contributed by atoms with Crippen LogP contribution in [-0.2, 0) is 0 Å². The molecule has 0 spiro atoms. The van der Waals surface area contributed by atoms with Crippen LogP contribution >= 0.6 is 0 Å². The van der Waals surface area contributed by atoms with Crippen molar-refractivity contribution in [3.8, 4) is 11.1 Å². The molecular weight excluding hydrogens is 304 g/mol. The van der Waals surface area contributed by atoms with Crippen molar-refractivity contribution in [1.82, 2.24) is 14.6 Å². The van der Waals surface area contributed by atoms with E-state index in [0.717, 1.165) is 16.6 Å². The minimum absolute atomic E-state index is 0.155. The number of nitrogens with two attached hydrogens (primary N) is 1. The monoisotopic (exact) mass is 317 g/mol. The van der Waals surface area contributed by atoms with Crippen LogP contribution in [0.5, 0.6) is 0 Å². The summed E-state index contributed by atoms with van der Waals surface area (Å²) in [6.45, 7) is -0.512. The van der Waals surface area contributed by atoms with Crippen LogP contribution in [0.4, 0.5) is 26.1 Å². The molecule has 2 aromatic heterocycles. The molecule has 3 aromatic rings. The molecule has 0 amide bonds. The second kappa shape index (κ2) is 5.95. The van der Waals surface area contributed by atoms with E-state index in [1.165, 1.54) is 0 Å². The Labute approximate surface area is 129 Å². The second-order valence-electron chi connectivity index (χ2n) is 4.79. The summed E-state index contributed by atoms with van der Waals surface area (Å²) in [5.74, 6) is 0.155. The number of nitrogens with one attached hydrogen (secondary N) is 2. The van der Waals surface area contributed by atoms with Crippen LogP contribution in [0.2, 0.25) is 0 Å². The molecule has 0 bridgehead atoms. The second-order valence-corrected chi connectivity index (χ2v) is 4.79. The third-order valence-corrected chi connectivity index (χ3v) is 3.31. The van der Waals surface area contributed by atoms with E-state index in [1.54, 1.807) is 35.1 Å². The fraction of sp³-hybridized carbons (Fsp3) is 0.143. The first kappa shape index (κ1) is 14.8. The lowest BCUT2D eigenvalue weighted by atomic mass is 10.1. The van der Waals surface area contributed by atoms with Crippen LogP contribution in [0.25, 0.3) is 16.6 Å². The van der Waals surface area contributed by atoms with E-state index in [9.17, 15) is 8.78 Å². The van der Waals surface area contributed by atoms with Crippen molar-refractivity contribution in [1.29, 1.82) is 5.53 Å². The SMILES string of the molecule is N=Nc1ccc(-c2ccn3nc(N)ncc23)cc1NCC(F)F. The molecule has 7 nitrogen and oxygen atoms in total. The van der Waals surface area contributed by atoms with Gasteiger partial charge in [0.15, 0.2) is 0 Å². The first-order valence-electron chi connectivity index (χ1n) is 6.72. The van der Waals surface area contributed by atoms with E-state index in [-0.39, 0.29) is 5.95 Å². The highest BCUT2D eigenvalue weighted by Gasteiger charge is 2.11. The minimum Gasteiger partial charge on any atom is -0.377 e. The molecule has 0 unspecified atom stereocenters. The molecule has 23 heavy (non-hydrogen) atoms. The zero-order valence-electron chi connectivity index (χ0n) is 11.9. The highest BCUT2D eigenvalue weighted by molar-refractivity contribution is 5.84. The Bertz CT molecular complexity index is 859. The lowest BCUT2D eigenvalue weighted by Crippen LogP contribution is -2.10. The molecule has 2 heterocycles. The first-order chi connectivity index (χ1) is 11.1. The van der Waals surface area contributed by atoms with Crippen molar-refractivity contribution in [2.45, 2.75) is 6.43 Å². The third kappa shape index (κ3) is 2.93. The number of alkyl halides is 2. The molecule has 1 aromatic carbocycles. The highest BCUT2D eigenvalue weighted by atomic mass is 19.3. The number of nitrogens with zero attached hydrogens (tertiary/aromatic N) is 4. The number of hydrogen-bond donors (Lipinski definition) is 3. The zero-order valence-corrected chi connectivity index (χ0v) is 11.9. The number of hydrogen-bond acceptors (Lipinski definition) is 6. The molecule has 0 fully saturated rings. The van der Waals surface area contributed by atoms with Gasteiger partial charge in [-0.2, -0.15) is 5.11 Å². The van der Waals surface area contributed by atoms with Gasteiger partial charge in [-0.3, -0.25) is 0 Å². The largest absolute Gasteiger partial charge is 0.377 e. The summed E-state index contributed by atoms with van der Waals surface area (Å²) in [6, 6.07) is 6.85. The van der Waals surface area contributed by atoms with Gasteiger partial charge in [-0.15, -0.1) is 5.10 Å². The molecule has 0 aliphatic heterocycles. The van der Waals surface area contributed by atoms with Crippen LogP contribution in [0, 0.1) is 5.53 Å². The molecule has 0 aliphatic rings. The predicted octanol–water partition coefficient (Wildman–Crippen LogP) is 3.32. The fourth-order valence-electron chi connectivity index (χ4n) is 2.29. The van der Waals surface area contributed by atoms with E-state index in [1.807, 2.05) is 6.07 Å². The molecule has 0 aliphatic carbocycles. The Kier molecular flexibility index (Phi) is 3.83. The Morgan fingerprint density at radius 2 is 2.17 bits per heavy atom. The van der Waals surface area contributed by atoms with Gasteiger partial charge in [0, 0.05) is 11.8 Å². The van der Waals surface area contributed by atoms with Gasteiger partial charge in [-0.05, 0) is 23.8 Å². The standard InChI is InChI=1S/C14H13F2N7/c15-13(16)7-19-11-5-8(1-2-10(11)21-18)9-3-4-23-12(9)6-20-14(17)22-23/h1-6,13,18-19H,7H2,(H2,17,22). The maximum Gasteiger partial charge on any atom is 0.255 e. The molecule has 4 N–H and O–H groups in total. The van der Waals surface area contributed by atoms with Crippen molar-refractivity contribution in [2.24, 2.45) is 5.11 Å². The summed E-state index contributed by atoms with van der Waals surface area (Å²) in [5.41, 5.74) is 15.7. The van der Waals surface area contributed by atoms with Crippen molar-refractivity contribution in [3.05, 3.63) is 36.7 Å². The van der Waals surface area contributed by atoms with Gasteiger partial charge in [0.05, 0.1) is 23.9 Å². The normalized spacial score (nSPS) is 11.1. The zero-order chi connectivity index (χ0) is 16.4. The van der Waals surface area contributed by atoms with E-state index in [2.05, 4.69) is 20.5 Å². The Hall–Kier alpha value is -3.10. The van der Waals surface area contributed by atoms with Crippen molar-refractivity contribution < 1.29 is 8.78 Å². The van der Waals surface area contributed by atoms with E-state index >= 15 is 0 Å². The van der Waals surface area contributed by atoms with Gasteiger partial charge in [-0.1, -0.05) is 6.07 Å². The third-order valence-electron chi connectivity index (χ3n) is 3.31. The minimum atomic E-state index is -2.50. The Morgan fingerprint density at radius 3 is 2.91 bits per heavy atom. The predicted molar refractivity (Wildman–Crippen MR) is 82.1 cm³/mol. The van der Waals surface area contributed by atoms with Gasteiger partial charge in [0.25, 0.3) is 6.43 Å². The number of nitrogen functional groups attached to an aromatic ring is 1. The molecule has 0 saturated heterocycles. The molecular formula is C14H13F2N7. The molecule has 9 heteroatoms. The van der Waals surface area contributed by atoms with Crippen LogP contribution in [0.15, 0.2) is 41.8 Å². The molecule has 0 atom stereocenters. The average molecular weight is 317 g/mol. The number of benzene rings is 1. The number of halogens is 2. The number of rotatable bonds is 5. The quantitative estimate of drug-likeness (QED) is 0.628. The van der Waals surface area contributed by atoms with Crippen LogP contribution in [0.3, 0.4) is 0 Å². The number of aromatic nitrogens is 3. The molecule has 0 radical (unpaired) electrons. The molecule has 118 valence electrons. The molecule has 3 rings (SSSR count). The van der Waals surface area contributed by atoms with Crippen molar-refractivity contribution >= 4 is 22.8 Å². The Balaban J connectivity index is 2.04. The van der Waals surface area contributed by atoms with Crippen molar-refractivity contribution in [3.63, 3.8) is 0 Å². The summed E-state index contributed by atoms with van der Waals surface area (Å²) in [7, 11) is 0. The lowest BCUT2D eigenvalue weighted by molar-refractivity contribution is 0.163. The van der Waals surface area contributed by atoms with Crippen LogP contribution in [0.1, 0.15) is 0 Å². The van der Waals surface area contributed by atoms with Crippen LogP contribution < -0.4 is 11.1 Å². The van der Waals surface area contributed by atoms with E-state index in [4.69, 9.17) is 11.3 Å².